The highest BCUT2D eigenvalue weighted by atomic mass is 127. The van der Waals surface area contributed by atoms with E-state index in [0.29, 0.717) is 5.02 Å². The summed E-state index contributed by atoms with van der Waals surface area (Å²) in [4.78, 5) is 30.9. The zero-order chi connectivity index (χ0) is 27.8. The van der Waals surface area contributed by atoms with E-state index in [1.54, 1.807) is 30.3 Å². The van der Waals surface area contributed by atoms with E-state index < -0.39 is 36.8 Å². The smallest absolute Gasteiger partial charge is 0.257 e. The topological polar surface area (TPSA) is 108 Å². The third kappa shape index (κ3) is 5.28. The molecule has 1 aliphatic heterocycles. The Balaban J connectivity index is 1.52. The summed E-state index contributed by atoms with van der Waals surface area (Å²) >= 11 is 8.02. The molecule has 2 heterocycles. The molecule has 3 aromatic carbocycles. The Morgan fingerprint density at radius 2 is 1.87 bits per heavy atom. The maximum absolute atomic E-state index is 15.2. The fourth-order valence-corrected chi connectivity index (χ4v) is 6.86. The van der Waals surface area contributed by atoms with Crippen LogP contribution in [-0.4, -0.2) is 30.4 Å². The van der Waals surface area contributed by atoms with Gasteiger partial charge in [0.15, 0.2) is 4.87 Å². The first-order chi connectivity index (χ1) is 18.6. The van der Waals surface area contributed by atoms with Crippen molar-refractivity contribution in [1.82, 2.24) is 10.3 Å². The fourth-order valence-electron chi connectivity index (χ4n) is 4.37. The predicted octanol–water partition coefficient (Wildman–Crippen LogP) is 5.21. The van der Waals surface area contributed by atoms with Crippen LogP contribution in [0.2, 0.25) is 5.02 Å². The minimum atomic E-state index is -4.32. The lowest BCUT2D eigenvalue weighted by atomic mass is 10.1. The largest absolute Gasteiger partial charge is 0.358 e. The summed E-state index contributed by atoms with van der Waals surface area (Å²) in [6.45, 7) is 0.127. The van der Waals surface area contributed by atoms with E-state index in [4.69, 9.17) is 11.6 Å². The lowest BCUT2D eigenvalue weighted by Gasteiger charge is -2.25. The molecular formula is C28H20ClFIN3O4S. The molecule has 1 atom stereocenters. The van der Waals surface area contributed by atoms with Gasteiger partial charge in [0.05, 0.1) is 15.8 Å². The maximum Gasteiger partial charge on any atom is 0.257 e. The number of aromatic amines is 1. The number of nitrogens with one attached hydrogen (secondary N) is 2. The number of pyridine rings is 1. The summed E-state index contributed by atoms with van der Waals surface area (Å²) in [7, 11) is -4.32. The van der Waals surface area contributed by atoms with Gasteiger partial charge in [-0.1, -0.05) is 35.9 Å². The number of aliphatic imine (C=N–C) groups is 1. The van der Waals surface area contributed by atoms with Crippen molar-refractivity contribution in [2.45, 2.75) is 22.7 Å². The number of aromatic nitrogens is 1. The number of sulfone groups is 1. The number of amides is 1. The number of rotatable bonds is 7. The first kappa shape index (κ1) is 27.2. The van der Waals surface area contributed by atoms with Gasteiger partial charge in [-0.2, -0.15) is 0 Å². The van der Waals surface area contributed by atoms with E-state index in [-0.39, 0.29) is 29.4 Å². The first-order valence-electron chi connectivity index (χ1n) is 11.7. The van der Waals surface area contributed by atoms with Crippen molar-refractivity contribution in [3.05, 3.63) is 120 Å². The number of allylic oxidation sites excluding steroid dienone is 1. The van der Waals surface area contributed by atoms with E-state index in [1.807, 2.05) is 18.2 Å². The van der Waals surface area contributed by atoms with E-state index in [9.17, 15) is 18.0 Å². The molecule has 0 spiro atoms. The summed E-state index contributed by atoms with van der Waals surface area (Å²) in [5, 5.41) is 2.92. The fraction of sp³-hybridized carbons (Fsp3) is 0.107. The lowest BCUT2D eigenvalue weighted by Crippen LogP contribution is -2.36. The molecule has 1 amide bonds. The molecule has 1 unspecified atom stereocenters. The Morgan fingerprint density at radius 3 is 2.56 bits per heavy atom. The van der Waals surface area contributed by atoms with Crippen LogP contribution in [0.25, 0.3) is 10.9 Å². The molecular weight excluding hydrogens is 656 g/mol. The molecule has 39 heavy (non-hydrogen) atoms. The molecule has 4 aromatic rings. The maximum atomic E-state index is 15.2. The molecule has 11 heteroatoms. The van der Waals surface area contributed by atoms with Gasteiger partial charge < -0.3 is 10.3 Å². The number of halogens is 3. The third-order valence-electron chi connectivity index (χ3n) is 6.38. The zero-order valence-electron chi connectivity index (χ0n) is 20.1. The number of carbonyl (C=O) groups is 1. The Kier molecular flexibility index (Phi) is 7.45. The molecule has 0 saturated carbocycles. The lowest BCUT2D eigenvalue weighted by molar-refractivity contribution is 0.0949. The number of hydrogen-bond acceptors (Lipinski definition) is 5. The molecule has 0 fully saturated rings. The van der Waals surface area contributed by atoms with Crippen LogP contribution >= 0.6 is 34.2 Å². The van der Waals surface area contributed by atoms with E-state index >= 15 is 4.39 Å². The van der Waals surface area contributed by atoms with Gasteiger partial charge in [0.1, 0.15) is 11.4 Å². The van der Waals surface area contributed by atoms with Crippen LogP contribution in [0.4, 0.5) is 4.39 Å². The summed E-state index contributed by atoms with van der Waals surface area (Å²) in [5.74, 6) is -1.63. The summed E-state index contributed by atoms with van der Waals surface area (Å²) < 4.78 is 43.9. The van der Waals surface area contributed by atoms with Crippen LogP contribution in [0.3, 0.4) is 0 Å². The number of fused-ring (bicyclic) bond motifs is 1. The zero-order valence-corrected chi connectivity index (χ0v) is 23.8. The van der Waals surface area contributed by atoms with Gasteiger partial charge in [-0.25, -0.2) is 12.8 Å². The Hall–Kier alpha value is -3.35. The molecule has 7 nitrogen and oxygen atoms in total. The summed E-state index contributed by atoms with van der Waals surface area (Å²) in [6, 6.07) is 16.1. The molecule has 0 saturated heterocycles. The van der Waals surface area contributed by atoms with Crippen LogP contribution in [0, 0.1) is 9.39 Å². The number of hydrogen-bond donors (Lipinski definition) is 2. The van der Waals surface area contributed by atoms with Crippen LogP contribution in [0.15, 0.2) is 93.7 Å². The molecule has 0 bridgehead atoms. The second-order valence-electron chi connectivity index (χ2n) is 8.96. The minimum Gasteiger partial charge on any atom is -0.358 e. The highest BCUT2D eigenvalue weighted by Crippen LogP contribution is 2.36. The van der Waals surface area contributed by atoms with Gasteiger partial charge in [-0.15, -0.1) is 0 Å². The number of carbonyl (C=O) groups excluding carboxylic acids is 1. The molecule has 2 N–H and O–H groups in total. The van der Waals surface area contributed by atoms with E-state index in [1.165, 1.54) is 18.4 Å². The SMILES string of the molecule is O=C(NCc1ccc(Cl)cc1)c1c[nH]c2c(F)cc(S(=O)(=O)C3(Cc4cccc(I)c4)C=CC=N3)cc2c1=O. The minimum absolute atomic E-state index is 0.0162. The molecule has 0 aliphatic carbocycles. The Labute approximate surface area is 241 Å². The standard InChI is InChI=1S/C28H20ClFIN3O4S/c29-19-7-5-17(6-8-19)15-33-27(36)23-16-32-25-22(26(23)35)12-21(13-24(25)30)39(37,38)28(9-2-10-34-28)14-18-3-1-4-20(31)11-18/h1-13,16H,14-15H2,(H,32,35)(H,33,36). The van der Waals surface area contributed by atoms with E-state index in [0.717, 1.165) is 33.0 Å². The number of nitrogens with zero attached hydrogens (tertiary/aromatic N) is 1. The van der Waals surface area contributed by atoms with Crippen molar-refractivity contribution in [2.75, 3.05) is 0 Å². The molecule has 0 radical (unpaired) electrons. The molecule has 198 valence electrons. The summed E-state index contributed by atoms with van der Waals surface area (Å²) in [5.41, 5.74) is 0.203. The van der Waals surface area contributed by atoms with Gasteiger partial charge in [0.2, 0.25) is 15.3 Å². The van der Waals surface area contributed by atoms with Crippen LogP contribution < -0.4 is 10.7 Å². The van der Waals surface area contributed by atoms with Crippen molar-refractivity contribution in [3.8, 4) is 0 Å². The average Bonchev–Trinajstić information content (AvgIpc) is 3.39. The summed E-state index contributed by atoms with van der Waals surface area (Å²) in [6.07, 6.45) is 5.50. The Bertz CT molecular complexity index is 1820. The van der Waals surface area contributed by atoms with Crippen molar-refractivity contribution in [1.29, 1.82) is 0 Å². The first-order valence-corrected chi connectivity index (χ1v) is 14.6. The van der Waals surface area contributed by atoms with Gasteiger partial charge in [0, 0.05) is 34.0 Å². The third-order valence-corrected chi connectivity index (χ3v) is 9.48. The highest BCUT2D eigenvalue weighted by molar-refractivity contribution is 14.1. The second kappa shape index (κ2) is 10.7. The van der Waals surface area contributed by atoms with E-state index in [2.05, 4.69) is 37.9 Å². The predicted molar refractivity (Wildman–Crippen MR) is 158 cm³/mol. The van der Waals surface area contributed by atoms with Crippen molar-refractivity contribution >= 4 is 67.1 Å². The molecule has 1 aromatic heterocycles. The number of benzene rings is 3. The van der Waals surface area contributed by atoms with Crippen molar-refractivity contribution in [3.63, 3.8) is 0 Å². The van der Waals surface area contributed by atoms with Gasteiger partial charge in [-0.05, 0) is 82.3 Å². The highest BCUT2D eigenvalue weighted by Gasteiger charge is 2.44. The quantitative estimate of drug-likeness (QED) is 0.263. The Morgan fingerprint density at radius 1 is 1.10 bits per heavy atom. The van der Waals surface area contributed by atoms with Crippen LogP contribution in [0.5, 0.6) is 0 Å². The van der Waals surface area contributed by atoms with Crippen LogP contribution in [-0.2, 0) is 22.8 Å². The number of H-pyrrole nitrogens is 1. The normalized spacial score (nSPS) is 16.6. The molecule has 5 rings (SSSR count). The van der Waals surface area contributed by atoms with Gasteiger partial charge in [0.25, 0.3) is 5.91 Å². The van der Waals surface area contributed by atoms with Crippen molar-refractivity contribution in [2.24, 2.45) is 4.99 Å². The van der Waals surface area contributed by atoms with Gasteiger partial charge >= 0.3 is 0 Å². The van der Waals surface area contributed by atoms with Gasteiger partial charge in [-0.3, -0.25) is 14.6 Å². The average molecular weight is 676 g/mol. The van der Waals surface area contributed by atoms with Crippen LogP contribution in [0.1, 0.15) is 21.5 Å². The van der Waals surface area contributed by atoms with Crippen molar-refractivity contribution < 1.29 is 17.6 Å². The monoisotopic (exact) mass is 675 g/mol. The molecule has 1 aliphatic rings. The second-order valence-corrected chi connectivity index (χ2v) is 12.8.